The van der Waals surface area contributed by atoms with Crippen molar-refractivity contribution < 1.29 is 9.53 Å². The monoisotopic (exact) mass is 346 g/mol. The SMILES string of the molecule is CCN(C(=O)[C@H](C)OCC(C)C)[C@H]1CCN([C@H](C)c2ccccc2)C1. The molecule has 0 unspecified atom stereocenters. The van der Waals surface area contributed by atoms with E-state index in [4.69, 9.17) is 4.74 Å². The minimum Gasteiger partial charge on any atom is -0.368 e. The molecule has 0 spiro atoms. The summed E-state index contributed by atoms with van der Waals surface area (Å²) in [5.41, 5.74) is 1.34. The van der Waals surface area contributed by atoms with Crippen LogP contribution in [-0.2, 0) is 9.53 Å². The van der Waals surface area contributed by atoms with Gasteiger partial charge in [0.2, 0.25) is 0 Å². The fourth-order valence-electron chi connectivity index (χ4n) is 3.55. The Bertz CT molecular complexity index is 532. The number of hydrogen-bond donors (Lipinski definition) is 0. The van der Waals surface area contributed by atoms with E-state index in [1.54, 1.807) is 0 Å². The summed E-state index contributed by atoms with van der Waals surface area (Å²) in [6, 6.07) is 11.3. The van der Waals surface area contributed by atoms with Crippen LogP contribution < -0.4 is 0 Å². The van der Waals surface area contributed by atoms with Crippen LogP contribution >= 0.6 is 0 Å². The summed E-state index contributed by atoms with van der Waals surface area (Å²) in [6.07, 6.45) is 0.677. The minimum atomic E-state index is -0.358. The molecular formula is C21H34N2O2. The third-order valence-corrected chi connectivity index (χ3v) is 5.12. The van der Waals surface area contributed by atoms with Crippen LogP contribution in [0.4, 0.5) is 0 Å². The van der Waals surface area contributed by atoms with Gasteiger partial charge in [0.1, 0.15) is 6.10 Å². The van der Waals surface area contributed by atoms with Crippen molar-refractivity contribution in [1.82, 2.24) is 9.80 Å². The van der Waals surface area contributed by atoms with E-state index in [0.29, 0.717) is 18.6 Å². The van der Waals surface area contributed by atoms with Crippen molar-refractivity contribution in [1.29, 1.82) is 0 Å². The van der Waals surface area contributed by atoms with Gasteiger partial charge in [0.05, 0.1) is 0 Å². The Labute approximate surface area is 153 Å². The van der Waals surface area contributed by atoms with E-state index in [-0.39, 0.29) is 18.1 Å². The van der Waals surface area contributed by atoms with Gasteiger partial charge in [-0.1, -0.05) is 44.2 Å². The summed E-state index contributed by atoms with van der Waals surface area (Å²) < 4.78 is 5.75. The Morgan fingerprint density at radius 3 is 2.52 bits per heavy atom. The first kappa shape index (κ1) is 19.9. The van der Waals surface area contributed by atoms with Gasteiger partial charge < -0.3 is 9.64 Å². The van der Waals surface area contributed by atoms with Gasteiger partial charge >= 0.3 is 0 Å². The highest BCUT2D eigenvalue weighted by Gasteiger charge is 2.34. The maximum absolute atomic E-state index is 12.8. The third kappa shape index (κ3) is 5.29. The first-order valence-electron chi connectivity index (χ1n) is 9.65. The van der Waals surface area contributed by atoms with Crippen molar-refractivity contribution in [3.63, 3.8) is 0 Å². The van der Waals surface area contributed by atoms with Gasteiger partial charge in [-0.2, -0.15) is 0 Å². The van der Waals surface area contributed by atoms with E-state index in [1.165, 1.54) is 5.56 Å². The van der Waals surface area contributed by atoms with E-state index in [0.717, 1.165) is 26.1 Å². The average molecular weight is 347 g/mol. The fraction of sp³-hybridized carbons (Fsp3) is 0.667. The smallest absolute Gasteiger partial charge is 0.251 e. The molecule has 1 amide bonds. The number of benzene rings is 1. The van der Waals surface area contributed by atoms with Crippen molar-refractivity contribution in [2.45, 2.75) is 59.2 Å². The molecule has 3 atom stereocenters. The van der Waals surface area contributed by atoms with Crippen molar-refractivity contribution in [3.8, 4) is 0 Å². The Kier molecular flexibility index (Phi) is 7.45. The minimum absolute atomic E-state index is 0.127. The zero-order valence-corrected chi connectivity index (χ0v) is 16.4. The van der Waals surface area contributed by atoms with Crippen LogP contribution in [0.25, 0.3) is 0 Å². The van der Waals surface area contributed by atoms with Crippen LogP contribution in [0, 0.1) is 5.92 Å². The van der Waals surface area contributed by atoms with Gasteiger partial charge in [0.15, 0.2) is 0 Å². The number of likely N-dealkylation sites (N-methyl/N-ethyl adjacent to an activating group) is 1. The van der Waals surface area contributed by atoms with Crippen LogP contribution in [-0.4, -0.2) is 54.1 Å². The van der Waals surface area contributed by atoms with Gasteiger partial charge in [0, 0.05) is 38.3 Å². The Hall–Kier alpha value is -1.39. The zero-order chi connectivity index (χ0) is 18.4. The molecule has 0 aromatic heterocycles. The maximum Gasteiger partial charge on any atom is 0.251 e. The first-order chi connectivity index (χ1) is 11.9. The molecule has 1 saturated heterocycles. The van der Waals surface area contributed by atoms with Crippen molar-refractivity contribution >= 4 is 5.91 Å². The lowest BCUT2D eigenvalue weighted by atomic mass is 10.1. The number of carbonyl (C=O) groups is 1. The molecule has 2 rings (SSSR count). The topological polar surface area (TPSA) is 32.8 Å². The largest absolute Gasteiger partial charge is 0.368 e. The summed E-state index contributed by atoms with van der Waals surface area (Å²) in [4.78, 5) is 17.3. The van der Waals surface area contributed by atoms with Gasteiger partial charge in [-0.05, 0) is 38.7 Å². The summed E-state index contributed by atoms with van der Waals surface area (Å²) >= 11 is 0. The highest BCUT2D eigenvalue weighted by atomic mass is 16.5. The van der Waals surface area contributed by atoms with Crippen LogP contribution in [0.1, 0.15) is 52.6 Å². The van der Waals surface area contributed by atoms with Crippen LogP contribution in [0.5, 0.6) is 0 Å². The summed E-state index contributed by atoms with van der Waals surface area (Å²) in [6.45, 7) is 13.8. The molecule has 140 valence electrons. The Morgan fingerprint density at radius 1 is 1.24 bits per heavy atom. The molecule has 1 aliphatic rings. The quantitative estimate of drug-likeness (QED) is 0.719. The normalized spacial score (nSPS) is 20.6. The zero-order valence-electron chi connectivity index (χ0n) is 16.4. The lowest BCUT2D eigenvalue weighted by molar-refractivity contribution is -0.145. The predicted molar refractivity (Wildman–Crippen MR) is 102 cm³/mol. The molecular weight excluding hydrogens is 312 g/mol. The second-order valence-electron chi connectivity index (χ2n) is 7.52. The fourth-order valence-corrected chi connectivity index (χ4v) is 3.55. The molecule has 1 aromatic carbocycles. The molecule has 25 heavy (non-hydrogen) atoms. The summed E-state index contributed by atoms with van der Waals surface area (Å²) in [5, 5.41) is 0. The van der Waals surface area contributed by atoms with Crippen LogP contribution in [0.2, 0.25) is 0 Å². The molecule has 0 radical (unpaired) electrons. The molecule has 0 N–H and O–H groups in total. The summed E-state index contributed by atoms with van der Waals surface area (Å²) in [5.74, 6) is 0.571. The highest BCUT2D eigenvalue weighted by Crippen LogP contribution is 2.27. The average Bonchev–Trinajstić information content (AvgIpc) is 3.10. The molecule has 0 aliphatic carbocycles. The van der Waals surface area contributed by atoms with Crippen LogP contribution in [0.3, 0.4) is 0 Å². The van der Waals surface area contributed by atoms with E-state index in [9.17, 15) is 4.79 Å². The molecule has 1 heterocycles. The Balaban J connectivity index is 1.95. The molecule has 1 aliphatic heterocycles. The number of nitrogens with zero attached hydrogens (tertiary/aromatic N) is 2. The van der Waals surface area contributed by atoms with Gasteiger partial charge in [-0.15, -0.1) is 0 Å². The van der Waals surface area contributed by atoms with Gasteiger partial charge in [0.25, 0.3) is 5.91 Å². The van der Waals surface area contributed by atoms with E-state index < -0.39 is 0 Å². The summed E-state index contributed by atoms with van der Waals surface area (Å²) in [7, 11) is 0. The molecule has 0 saturated carbocycles. The lowest BCUT2D eigenvalue weighted by Crippen LogP contribution is -2.46. The predicted octanol–water partition coefficient (Wildman–Crippen LogP) is 3.73. The number of amides is 1. The van der Waals surface area contributed by atoms with E-state index in [2.05, 4.69) is 62.9 Å². The number of rotatable bonds is 8. The third-order valence-electron chi connectivity index (χ3n) is 5.12. The Morgan fingerprint density at radius 2 is 1.92 bits per heavy atom. The van der Waals surface area contributed by atoms with Crippen LogP contribution in [0.15, 0.2) is 30.3 Å². The van der Waals surface area contributed by atoms with E-state index >= 15 is 0 Å². The lowest BCUT2D eigenvalue weighted by Gasteiger charge is -2.31. The van der Waals surface area contributed by atoms with Crippen molar-refractivity contribution in [2.24, 2.45) is 5.92 Å². The number of carbonyl (C=O) groups excluding carboxylic acids is 1. The van der Waals surface area contributed by atoms with Gasteiger partial charge in [-0.25, -0.2) is 0 Å². The molecule has 1 aromatic rings. The second-order valence-corrected chi connectivity index (χ2v) is 7.52. The van der Waals surface area contributed by atoms with E-state index in [1.807, 2.05) is 11.8 Å². The number of hydrogen-bond acceptors (Lipinski definition) is 3. The number of likely N-dealkylation sites (tertiary alicyclic amines) is 1. The molecule has 4 heteroatoms. The maximum atomic E-state index is 12.8. The highest BCUT2D eigenvalue weighted by molar-refractivity contribution is 5.80. The standard InChI is InChI=1S/C21H34N2O2/c1-6-23(21(24)18(5)25-15-16(2)3)20-12-13-22(14-20)17(4)19-10-8-7-9-11-19/h7-11,16-18,20H,6,12-15H2,1-5H3/t17-,18+,20+/m1/s1. The molecule has 0 bridgehead atoms. The van der Waals surface area contributed by atoms with Gasteiger partial charge in [-0.3, -0.25) is 9.69 Å². The second kappa shape index (κ2) is 9.35. The van der Waals surface area contributed by atoms with Crippen molar-refractivity contribution in [2.75, 3.05) is 26.2 Å². The number of ether oxygens (including phenoxy) is 1. The first-order valence-corrected chi connectivity index (χ1v) is 9.65. The molecule has 1 fully saturated rings. The molecule has 4 nitrogen and oxygen atoms in total. The van der Waals surface area contributed by atoms with Crippen molar-refractivity contribution in [3.05, 3.63) is 35.9 Å².